The van der Waals surface area contributed by atoms with Crippen LogP contribution in [0.25, 0.3) is 11.1 Å². The Bertz CT molecular complexity index is 1860. The van der Waals surface area contributed by atoms with Gasteiger partial charge in [0.25, 0.3) is 0 Å². The minimum Gasteiger partial charge on any atom is -0.361 e. The van der Waals surface area contributed by atoms with Crippen LogP contribution in [0.15, 0.2) is 71.3 Å². The zero-order valence-electron chi connectivity index (χ0n) is 28.0. The fourth-order valence-electron chi connectivity index (χ4n) is 7.32. The number of anilines is 3. The van der Waals surface area contributed by atoms with Crippen LogP contribution >= 0.6 is 0 Å². The van der Waals surface area contributed by atoms with E-state index in [2.05, 4.69) is 87.9 Å². The summed E-state index contributed by atoms with van der Waals surface area (Å²) in [4.78, 5) is 30.6. The molecular weight excluding hydrogens is 600 g/mol. The van der Waals surface area contributed by atoms with Gasteiger partial charge in [-0.15, -0.1) is 0 Å². The number of urea groups is 1. The van der Waals surface area contributed by atoms with E-state index >= 15 is 0 Å². The van der Waals surface area contributed by atoms with Crippen LogP contribution in [-0.2, 0) is 16.8 Å². The number of piperidine rings is 1. The van der Waals surface area contributed by atoms with Crippen molar-refractivity contribution in [1.29, 1.82) is 5.26 Å². The lowest BCUT2D eigenvalue weighted by molar-refractivity contribution is -0.120. The Balaban J connectivity index is 1.09. The van der Waals surface area contributed by atoms with Crippen molar-refractivity contribution in [1.82, 2.24) is 15.4 Å². The number of carbonyl (C=O) groups is 2. The molecule has 0 bridgehead atoms. The standard InChI is InChI=1S/C39H42N6O3/c1-26-7-8-31(37-27(2)42-48-28(37)3)22-35(26)45(33-11-9-32(10-12-33)39(25-40)16-17-39)24-29-13-18-43(19-14-29)23-30-5-4-6-34(21-30)44-20-15-36(46)41-38(44)47/h4-12,21-22,29H,13-20,23-24H2,1-3H3,(H,41,46,47). The topological polar surface area (TPSA) is 106 Å². The zero-order valence-corrected chi connectivity index (χ0v) is 28.0. The minimum atomic E-state index is -0.354. The predicted molar refractivity (Wildman–Crippen MR) is 186 cm³/mol. The zero-order chi connectivity index (χ0) is 33.4. The van der Waals surface area contributed by atoms with E-state index in [9.17, 15) is 14.9 Å². The van der Waals surface area contributed by atoms with Gasteiger partial charge in [0.1, 0.15) is 5.76 Å². The second kappa shape index (κ2) is 12.9. The van der Waals surface area contributed by atoms with Gasteiger partial charge in [-0.3, -0.25) is 19.9 Å². The highest BCUT2D eigenvalue weighted by Crippen LogP contribution is 2.48. The summed E-state index contributed by atoms with van der Waals surface area (Å²) in [5.74, 6) is 1.09. The highest BCUT2D eigenvalue weighted by atomic mass is 16.5. The number of aromatic nitrogens is 1. The molecule has 1 saturated carbocycles. The minimum absolute atomic E-state index is 0.222. The Morgan fingerprint density at radius 3 is 2.44 bits per heavy atom. The van der Waals surface area contributed by atoms with Crippen LogP contribution < -0.4 is 15.1 Å². The third kappa shape index (κ3) is 6.33. The fourth-order valence-corrected chi connectivity index (χ4v) is 7.32. The molecule has 2 aliphatic heterocycles. The molecule has 3 aliphatic rings. The van der Waals surface area contributed by atoms with Crippen LogP contribution in [0.2, 0.25) is 0 Å². The second-order valence-corrected chi connectivity index (χ2v) is 13.7. The van der Waals surface area contributed by atoms with E-state index in [1.807, 2.05) is 26.0 Å². The van der Waals surface area contributed by atoms with Crippen molar-refractivity contribution in [2.45, 2.75) is 64.8 Å². The molecule has 2 saturated heterocycles. The molecule has 9 heteroatoms. The van der Waals surface area contributed by atoms with Crippen LogP contribution in [-0.4, -0.2) is 48.2 Å². The Morgan fingerprint density at radius 1 is 1.00 bits per heavy atom. The maximum atomic E-state index is 12.4. The van der Waals surface area contributed by atoms with Crippen LogP contribution in [0.5, 0.6) is 0 Å². The summed E-state index contributed by atoms with van der Waals surface area (Å²) in [5.41, 5.74) is 9.32. The van der Waals surface area contributed by atoms with E-state index in [1.54, 1.807) is 4.90 Å². The molecule has 7 rings (SSSR count). The molecule has 0 radical (unpaired) electrons. The van der Waals surface area contributed by atoms with Crippen molar-refractivity contribution < 1.29 is 14.1 Å². The lowest BCUT2D eigenvalue weighted by Gasteiger charge is -2.36. The lowest BCUT2D eigenvalue weighted by Crippen LogP contribution is -2.49. The number of aryl methyl sites for hydroxylation is 3. The first-order chi connectivity index (χ1) is 23.2. The van der Waals surface area contributed by atoms with Gasteiger partial charge in [0.15, 0.2) is 0 Å². The van der Waals surface area contributed by atoms with Crippen LogP contribution in [0.4, 0.5) is 21.9 Å². The molecule has 3 fully saturated rings. The van der Waals surface area contributed by atoms with Gasteiger partial charge in [-0.05, 0) is 118 Å². The van der Waals surface area contributed by atoms with Gasteiger partial charge in [-0.2, -0.15) is 5.26 Å². The number of hydrogen-bond donors (Lipinski definition) is 1. The molecule has 3 heterocycles. The number of nitriles is 1. The SMILES string of the molecule is Cc1ccc(-c2c(C)noc2C)cc1N(CC1CCN(Cc2cccc(N3CCC(=O)NC3=O)c2)CC1)c1ccc(C2(C#N)CC2)cc1. The molecule has 0 atom stereocenters. The average Bonchev–Trinajstić information content (AvgIpc) is 3.82. The molecule has 1 aromatic heterocycles. The van der Waals surface area contributed by atoms with Crippen molar-refractivity contribution >= 4 is 29.0 Å². The van der Waals surface area contributed by atoms with Gasteiger partial charge in [0.05, 0.1) is 17.2 Å². The summed E-state index contributed by atoms with van der Waals surface area (Å²) in [7, 11) is 0. The van der Waals surface area contributed by atoms with Crippen molar-refractivity contribution in [3.63, 3.8) is 0 Å². The Hall–Kier alpha value is -4.94. The number of likely N-dealkylation sites (tertiary alicyclic amines) is 1. The van der Waals surface area contributed by atoms with Gasteiger partial charge >= 0.3 is 6.03 Å². The summed E-state index contributed by atoms with van der Waals surface area (Å²) in [6.45, 7) is 10.2. The number of nitrogens with zero attached hydrogens (tertiary/aromatic N) is 5. The highest BCUT2D eigenvalue weighted by molar-refractivity contribution is 6.05. The third-order valence-electron chi connectivity index (χ3n) is 10.3. The lowest BCUT2D eigenvalue weighted by atomic mass is 9.93. The highest BCUT2D eigenvalue weighted by Gasteiger charge is 2.44. The summed E-state index contributed by atoms with van der Waals surface area (Å²) < 4.78 is 5.52. The monoisotopic (exact) mass is 642 g/mol. The largest absolute Gasteiger partial charge is 0.361 e. The number of carbonyl (C=O) groups excluding carboxylic acids is 2. The maximum Gasteiger partial charge on any atom is 0.328 e. The van der Waals surface area contributed by atoms with Crippen LogP contribution in [0.1, 0.15) is 60.2 Å². The number of amides is 3. The van der Waals surface area contributed by atoms with E-state index in [4.69, 9.17) is 4.52 Å². The van der Waals surface area contributed by atoms with Crippen molar-refractivity contribution in [2.24, 2.45) is 5.92 Å². The van der Waals surface area contributed by atoms with Gasteiger partial charge in [0.2, 0.25) is 5.91 Å². The molecule has 0 spiro atoms. The first-order valence-corrected chi connectivity index (χ1v) is 17.0. The molecule has 246 valence electrons. The molecule has 48 heavy (non-hydrogen) atoms. The average molecular weight is 643 g/mol. The van der Waals surface area contributed by atoms with E-state index in [0.717, 1.165) is 96.9 Å². The van der Waals surface area contributed by atoms with Gasteiger partial charge in [-0.25, -0.2) is 4.79 Å². The van der Waals surface area contributed by atoms with E-state index in [-0.39, 0.29) is 17.4 Å². The normalized spacial score (nSPS) is 18.0. The Morgan fingerprint density at radius 2 is 1.77 bits per heavy atom. The molecule has 1 N–H and O–H groups in total. The van der Waals surface area contributed by atoms with Crippen molar-refractivity contribution in [3.05, 3.63) is 94.9 Å². The number of nitrogens with one attached hydrogen (secondary N) is 1. The molecule has 4 aromatic rings. The Labute approximate surface area is 282 Å². The fraction of sp³-hybridized carbons (Fsp3) is 0.385. The van der Waals surface area contributed by atoms with E-state index < -0.39 is 0 Å². The molecule has 1 aliphatic carbocycles. The first-order valence-electron chi connectivity index (χ1n) is 17.0. The summed E-state index contributed by atoms with van der Waals surface area (Å²) in [5, 5.41) is 16.4. The molecular formula is C39H42N6O3. The van der Waals surface area contributed by atoms with E-state index in [1.165, 1.54) is 11.3 Å². The van der Waals surface area contributed by atoms with Crippen molar-refractivity contribution in [3.8, 4) is 17.2 Å². The van der Waals surface area contributed by atoms with Crippen molar-refractivity contribution in [2.75, 3.05) is 36.0 Å². The summed E-state index contributed by atoms with van der Waals surface area (Å²) in [6.07, 6.45) is 4.33. The van der Waals surface area contributed by atoms with Crippen LogP contribution in [0, 0.1) is 38.0 Å². The number of hydrogen-bond acceptors (Lipinski definition) is 7. The third-order valence-corrected chi connectivity index (χ3v) is 10.3. The molecule has 3 amide bonds. The first kappa shape index (κ1) is 31.6. The summed E-state index contributed by atoms with van der Waals surface area (Å²) >= 11 is 0. The second-order valence-electron chi connectivity index (χ2n) is 13.7. The molecule has 3 aromatic carbocycles. The maximum absolute atomic E-state index is 12.4. The van der Waals surface area contributed by atoms with Gasteiger partial charge < -0.3 is 9.42 Å². The molecule has 9 nitrogen and oxygen atoms in total. The quantitative estimate of drug-likeness (QED) is 0.204. The number of rotatable bonds is 9. The smallest absolute Gasteiger partial charge is 0.328 e. The summed E-state index contributed by atoms with van der Waals surface area (Å²) in [6, 6.07) is 25.6. The molecule has 0 unspecified atom stereocenters. The van der Waals surface area contributed by atoms with Gasteiger partial charge in [0, 0.05) is 48.7 Å². The predicted octanol–water partition coefficient (Wildman–Crippen LogP) is 7.32. The van der Waals surface area contributed by atoms with E-state index in [0.29, 0.717) is 18.9 Å². The number of imide groups is 1. The van der Waals surface area contributed by atoms with Crippen LogP contribution in [0.3, 0.4) is 0 Å². The van der Waals surface area contributed by atoms with Gasteiger partial charge in [-0.1, -0.05) is 41.6 Å². The Kier molecular flexibility index (Phi) is 8.52. The number of benzene rings is 3.